The van der Waals surface area contributed by atoms with Crippen molar-refractivity contribution in [2.75, 3.05) is 53.7 Å². The zero-order valence-corrected chi connectivity index (χ0v) is 27.7. The molecule has 1 aliphatic rings. The zero-order valence-electron chi connectivity index (χ0n) is 27.7. The van der Waals surface area contributed by atoms with E-state index in [4.69, 9.17) is 23.7 Å². The Balaban J connectivity index is 1.40. The van der Waals surface area contributed by atoms with E-state index >= 15 is 0 Å². The number of para-hydroxylation sites is 2. The number of benzene rings is 2. The largest absolute Gasteiger partial charge is 0.493 e. The fraction of sp³-hybridized carbons (Fsp3) is 0.382. The number of non-ortho nitro benzene ring substituents is 1. The number of methoxy groups -OCH3 is 2. The first-order chi connectivity index (χ1) is 23.6. The van der Waals surface area contributed by atoms with Gasteiger partial charge in [-0.3, -0.25) is 10.1 Å². The number of carbonyl (C=O) groups excluding carboxylic acids is 3. The smallest absolute Gasteiger partial charge is 0.408 e. The third-order valence-corrected chi connectivity index (χ3v) is 7.16. The van der Waals surface area contributed by atoms with E-state index < -0.39 is 35.0 Å². The highest BCUT2D eigenvalue weighted by Crippen LogP contribution is 2.40. The molecular weight excluding hydrogens is 640 g/mol. The van der Waals surface area contributed by atoms with Crippen molar-refractivity contribution < 1.29 is 48.1 Å². The number of hydrogen-bond acceptors (Lipinski definition) is 13. The SMILES string of the molecule is COC(=O)C1=C(C)NC(C)=C(C(=O)OCC#CCOC(=O)NCCCNCC(O)COc2ccccc2OC)C1c1cccc([N+](=O)[O-])c1. The van der Waals surface area contributed by atoms with E-state index in [2.05, 4.69) is 27.8 Å². The quantitative estimate of drug-likeness (QED) is 0.0505. The molecule has 0 saturated carbocycles. The van der Waals surface area contributed by atoms with Crippen LogP contribution in [0, 0.1) is 22.0 Å². The summed E-state index contributed by atoms with van der Waals surface area (Å²) in [5.41, 5.74) is 1.11. The van der Waals surface area contributed by atoms with Gasteiger partial charge >= 0.3 is 18.0 Å². The summed E-state index contributed by atoms with van der Waals surface area (Å²) in [5, 5.41) is 30.2. The second-order valence-corrected chi connectivity index (χ2v) is 10.6. The normalized spacial score (nSPS) is 14.4. The number of amides is 1. The number of nitrogens with zero attached hydrogens (tertiary/aromatic N) is 1. The van der Waals surface area contributed by atoms with Crippen molar-refractivity contribution in [2.24, 2.45) is 0 Å². The molecule has 2 unspecified atom stereocenters. The van der Waals surface area contributed by atoms with Crippen LogP contribution in [0.5, 0.6) is 11.5 Å². The van der Waals surface area contributed by atoms with Crippen molar-refractivity contribution in [1.29, 1.82) is 0 Å². The molecule has 0 spiro atoms. The summed E-state index contributed by atoms with van der Waals surface area (Å²) in [5.74, 6) is 3.79. The van der Waals surface area contributed by atoms with Gasteiger partial charge in [-0.2, -0.15) is 0 Å². The summed E-state index contributed by atoms with van der Waals surface area (Å²) < 4.78 is 26.1. The van der Waals surface area contributed by atoms with Crippen LogP contribution in [0.3, 0.4) is 0 Å². The van der Waals surface area contributed by atoms with Crippen LogP contribution in [0.2, 0.25) is 0 Å². The topological polar surface area (TPSA) is 197 Å². The van der Waals surface area contributed by atoms with Gasteiger partial charge < -0.3 is 44.7 Å². The van der Waals surface area contributed by atoms with Crippen molar-refractivity contribution in [3.05, 3.63) is 86.7 Å². The molecule has 1 heterocycles. The molecule has 1 amide bonds. The van der Waals surface area contributed by atoms with Gasteiger partial charge in [0, 0.05) is 36.6 Å². The maximum absolute atomic E-state index is 13.2. The summed E-state index contributed by atoms with van der Waals surface area (Å²) in [7, 11) is 2.74. The van der Waals surface area contributed by atoms with E-state index in [0.29, 0.717) is 54.5 Å². The molecule has 49 heavy (non-hydrogen) atoms. The third kappa shape index (κ3) is 11.3. The molecule has 0 aromatic heterocycles. The second-order valence-electron chi connectivity index (χ2n) is 10.6. The number of aliphatic hydroxyl groups excluding tert-OH is 1. The number of rotatable bonds is 16. The Morgan fingerprint density at radius 1 is 0.959 bits per heavy atom. The molecule has 4 N–H and O–H groups in total. The van der Waals surface area contributed by atoms with E-state index in [-0.39, 0.29) is 36.7 Å². The molecule has 3 rings (SSSR count). The number of alkyl carbamates (subject to hydrolysis) is 1. The van der Waals surface area contributed by atoms with Gasteiger partial charge in [-0.1, -0.05) is 36.1 Å². The Morgan fingerprint density at radius 2 is 1.63 bits per heavy atom. The number of aliphatic hydroxyl groups is 1. The number of allylic oxidation sites excluding steroid dienone is 2. The predicted molar refractivity (Wildman–Crippen MR) is 176 cm³/mol. The molecule has 0 fully saturated rings. The first-order valence-electron chi connectivity index (χ1n) is 15.3. The van der Waals surface area contributed by atoms with Crippen LogP contribution in [-0.2, 0) is 23.8 Å². The minimum Gasteiger partial charge on any atom is -0.493 e. The number of ether oxygens (including phenoxy) is 5. The molecule has 2 aromatic rings. The summed E-state index contributed by atoms with van der Waals surface area (Å²) in [4.78, 5) is 48.8. The van der Waals surface area contributed by atoms with E-state index in [0.717, 1.165) is 0 Å². The Hall–Kier alpha value is -5.59. The van der Waals surface area contributed by atoms with Gasteiger partial charge in [0.25, 0.3) is 5.69 Å². The molecule has 0 saturated heterocycles. The van der Waals surface area contributed by atoms with Crippen LogP contribution in [-0.4, -0.2) is 87.8 Å². The van der Waals surface area contributed by atoms with Gasteiger partial charge in [-0.15, -0.1) is 0 Å². The van der Waals surface area contributed by atoms with Crippen molar-refractivity contribution in [1.82, 2.24) is 16.0 Å². The molecule has 1 aliphatic heterocycles. The number of nitrogens with one attached hydrogen (secondary N) is 3. The van der Waals surface area contributed by atoms with E-state index in [1.807, 2.05) is 12.1 Å². The second kappa shape index (κ2) is 19.3. The third-order valence-electron chi connectivity index (χ3n) is 7.16. The average Bonchev–Trinajstić information content (AvgIpc) is 3.09. The van der Waals surface area contributed by atoms with Gasteiger partial charge in [0.05, 0.1) is 36.2 Å². The Labute approximate surface area is 283 Å². The lowest BCUT2D eigenvalue weighted by molar-refractivity contribution is -0.384. The van der Waals surface area contributed by atoms with E-state index in [9.17, 15) is 29.6 Å². The summed E-state index contributed by atoms with van der Waals surface area (Å²) >= 11 is 0. The number of carbonyl (C=O) groups is 3. The molecular formula is C34H40N4O11. The molecule has 15 heteroatoms. The summed E-state index contributed by atoms with van der Waals surface area (Å²) in [6.45, 7) is 3.88. The van der Waals surface area contributed by atoms with Gasteiger partial charge in [0.1, 0.15) is 12.7 Å². The Kier molecular flexibility index (Phi) is 14.9. The maximum Gasteiger partial charge on any atom is 0.408 e. The van der Waals surface area contributed by atoms with E-state index in [1.165, 1.54) is 25.3 Å². The van der Waals surface area contributed by atoms with Crippen molar-refractivity contribution >= 4 is 23.7 Å². The van der Waals surface area contributed by atoms with Gasteiger partial charge in [-0.25, -0.2) is 14.4 Å². The molecule has 2 aromatic carbocycles. The zero-order chi connectivity index (χ0) is 35.8. The van der Waals surface area contributed by atoms with Crippen LogP contribution in [0.1, 0.15) is 31.7 Å². The average molecular weight is 681 g/mol. The number of nitro groups is 1. The minimum atomic E-state index is -1.00. The summed E-state index contributed by atoms with van der Waals surface area (Å²) in [6.07, 6.45) is -0.846. The molecule has 15 nitrogen and oxygen atoms in total. The first kappa shape index (κ1) is 37.9. The maximum atomic E-state index is 13.2. The fourth-order valence-corrected chi connectivity index (χ4v) is 4.89. The Morgan fingerprint density at radius 3 is 2.31 bits per heavy atom. The fourth-order valence-electron chi connectivity index (χ4n) is 4.89. The molecule has 2 atom stereocenters. The number of dihydropyridines is 1. The lowest BCUT2D eigenvalue weighted by Gasteiger charge is -2.30. The highest BCUT2D eigenvalue weighted by Gasteiger charge is 2.38. The van der Waals surface area contributed by atoms with Crippen molar-refractivity contribution in [3.63, 3.8) is 0 Å². The molecule has 0 aliphatic carbocycles. The monoisotopic (exact) mass is 680 g/mol. The lowest BCUT2D eigenvalue weighted by atomic mass is 9.80. The van der Waals surface area contributed by atoms with Crippen molar-refractivity contribution in [2.45, 2.75) is 32.3 Å². The minimum absolute atomic E-state index is 0.0640. The van der Waals surface area contributed by atoms with Crippen molar-refractivity contribution in [3.8, 4) is 23.3 Å². The molecule has 0 radical (unpaired) electrons. The van der Waals surface area contributed by atoms with Crippen LogP contribution in [0.15, 0.2) is 71.1 Å². The summed E-state index contributed by atoms with van der Waals surface area (Å²) in [6, 6.07) is 12.8. The van der Waals surface area contributed by atoms with Crippen LogP contribution < -0.4 is 25.4 Å². The highest BCUT2D eigenvalue weighted by atomic mass is 16.6. The Bertz CT molecular complexity index is 1630. The van der Waals surface area contributed by atoms with Crippen LogP contribution >= 0.6 is 0 Å². The molecule has 262 valence electrons. The lowest BCUT2D eigenvalue weighted by Crippen LogP contribution is -2.33. The van der Waals surface area contributed by atoms with Gasteiger partial charge in [0.2, 0.25) is 0 Å². The van der Waals surface area contributed by atoms with Gasteiger partial charge in [0.15, 0.2) is 24.7 Å². The molecule has 0 bridgehead atoms. The predicted octanol–water partition coefficient (Wildman–Crippen LogP) is 2.70. The van der Waals surface area contributed by atoms with E-state index in [1.54, 1.807) is 39.2 Å². The van der Waals surface area contributed by atoms with Crippen LogP contribution in [0.4, 0.5) is 10.5 Å². The first-order valence-corrected chi connectivity index (χ1v) is 15.3. The number of hydrogen-bond donors (Lipinski definition) is 4. The standard InChI is InChI=1S/C34H40N4O11/c1-22-29(32(40)46-4)31(24-11-9-12-25(19-24)38(43)44)30(23(2)37-22)33(41)47-17-7-8-18-48-34(42)36-16-10-15-35-20-26(39)21-49-28-14-6-5-13-27(28)45-3/h5-6,9,11-14,19,26,31,35,37,39H,10,15-18,20-21H2,1-4H3,(H,36,42). The van der Waals surface area contributed by atoms with Crippen LogP contribution in [0.25, 0.3) is 0 Å². The highest BCUT2D eigenvalue weighted by molar-refractivity contribution is 6.00. The number of esters is 2. The van der Waals surface area contributed by atoms with Gasteiger partial charge in [-0.05, 0) is 44.5 Å². The number of nitro benzene ring substituents is 1.